The van der Waals surface area contributed by atoms with Crippen LogP contribution < -0.4 is 10.6 Å². The van der Waals surface area contributed by atoms with Crippen LogP contribution in [0.25, 0.3) is 0 Å². The van der Waals surface area contributed by atoms with E-state index in [1.807, 2.05) is 11.7 Å². The monoisotopic (exact) mass is 274 g/mol. The predicted octanol–water partition coefficient (Wildman–Crippen LogP) is 1.26. The van der Waals surface area contributed by atoms with Gasteiger partial charge in [-0.25, -0.2) is 0 Å². The normalized spacial score (nSPS) is 11.2. The molecule has 17 heavy (non-hydrogen) atoms. The summed E-state index contributed by atoms with van der Waals surface area (Å²) in [6.45, 7) is 0.685. The van der Waals surface area contributed by atoms with Crippen molar-refractivity contribution in [3.8, 4) is 0 Å². The number of aromatic nitrogens is 1. The van der Waals surface area contributed by atoms with E-state index in [9.17, 15) is 10.1 Å². The van der Waals surface area contributed by atoms with E-state index in [4.69, 9.17) is 0 Å². The molecule has 8 heteroatoms. The van der Waals surface area contributed by atoms with E-state index in [2.05, 4.69) is 15.6 Å². The van der Waals surface area contributed by atoms with Crippen LogP contribution >= 0.6 is 23.1 Å². The highest BCUT2D eigenvalue weighted by Crippen LogP contribution is 2.14. The number of nitrogens with zero attached hydrogens (tertiary/aromatic N) is 2. The predicted molar refractivity (Wildman–Crippen MR) is 70.4 cm³/mol. The fourth-order valence-corrected chi connectivity index (χ4v) is 2.62. The number of nitrogens with one attached hydrogen (secondary N) is 2. The van der Waals surface area contributed by atoms with Gasteiger partial charge in [-0.15, -0.1) is 11.3 Å². The molecule has 0 amide bonds. The van der Waals surface area contributed by atoms with Gasteiger partial charge in [0.2, 0.25) is 0 Å². The minimum atomic E-state index is -0.483. The molecule has 0 saturated carbocycles. The maximum Gasteiger partial charge on any atom is 0.274 e. The molecule has 1 heterocycles. The van der Waals surface area contributed by atoms with Gasteiger partial charge in [0.1, 0.15) is 0 Å². The van der Waals surface area contributed by atoms with Gasteiger partial charge in [0.25, 0.3) is 6.20 Å². The third-order valence-electron chi connectivity index (χ3n) is 1.79. The van der Waals surface area contributed by atoms with Crippen LogP contribution in [0.2, 0.25) is 0 Å². The van der Waals surface area contributed by atoms with Gasteiger partial charge in [0.05, 0.1) is 10.4 Å². The topological polar surface area (TPSA) is 80.1 Å². The number of nitro groups is 1. The van der Waals surface area contributed by atoms with Crippen molar-refractivity contribution in [2.75, 3.05) is 19.3 Å². The lowest BCUT2D eigenvalue weighted by molar-refractivity contribution is -0.404. The Labute approximate surface area is 108 Å². The van der Waals surface area contributed by atoms with Crippen molar-refractivity contribution in [1.82, 2.24) is 15.6 Å². The first kappa shape index (κ1) is 13.8. The van der Waals surface area contributed by atoms with E-state index in [1.54, 1.807) is 30.1 Å². The highest BCUT2D eigenvalue weighted by molar-refractivity contribution is 7.98. The molecule has 0 unspecified atom stereocenters. The summed E-state index contributed by atoms with van der Waals surface area (Å²) in [7, 11) is 1.65. The van der Waals surface area contributed by atoms with Gasteiger partial charge in [-0.05, 0) is 0 Å². The summed E-state index contributed by atoms with van der Waals surface area (Å²) in [5.74, 6) is 2.24. The van der Waals surface area contributed by atoms with Gasteiger partial charge >= 0.3 is 0 Å². The first-order valence-corrected chi connectivity index (χ1v) is 6.98. The second kappa shape index (κ2) is 7.91. The molecule has 1 rings (SSSR count). The fraction of sp³-hybridized carbons (Fsp3) is 0.444. The second-order valence-corrected chi connectivity index (χ2v) is 5.10. The lowest BCUT2D eigenvalue weighted by Gasteiger charge is -2.06. The van der Waals surface area contributed by atoms with Gasteiger partial charge in [-0.1, -0.05) is 0 Å². The molecule has 2 N–H and O–H groups in total. The van der Waals surface area contributed by atoms with E-state index in [1.165, 1.54) is 4.88 Å². The summed E-state index contributed by atoms with van der Waals surface area (Å²) < 4.78 is 0. The number of hydrogen-bond acceptors (Lipinski definition) is 7. The highest BCUT2D eigenvalue weighted by atomic mass is 32.2. The molecule has 1 aromatic heterocycles. The van der Waals surface area contributed by atoms with Crippen LogP contribution in [0.1, 0.15) is 4.88 Å². The quantitative estimate of drug-likeness (QED) is 0.422. The molecule has 0 saturated heterocycles. The van der Waals surface area contributed by atoms with E-state index >= 15 is 0 Å². The van der Waals surface area contributed by atoms with Crippen molar-refractivity contribution in [2.45, 2.75) is 5.75 Å². The standard InChI is InChI=1S/C9H14N4O2S2/c1-10-9(5-13(14)15)12-2-3-16-6-8-4-11-7-17-8/h4-5,7,10,12H,2-3,6H2,1H3/b9-5-. The molecule has 0 aliphatic carbocycles. The fourth-order valence-electron chi connectivity index (χ4n) is 1.05. The lowest BCUT2D eigenvalue weighted by atomic mass is 10.6. The van der Waals surface area contributed by atoms with Crippen LogP contribution in [0.5, 0.6) is 0 Å². The van der Waals surface area contributed by atoms with Crippen molar-refractivity contribution in [1.29, 1.82) is 0 Å². The Morgan fingerprint density at radius 3 is 3.18 bits per heavy atom. The van der Waals surface area contributed by atoms with Crippen molar-refractivity contribution in [3.63, 3.8) is 0 Å². The van der Waals surface area contributed by atoms with Crippen LogP contribution in [-0.2, 0) is 5.75 Å². The minimum absolute atomic E-state index is 0.424. The zero-order valence-corrected chi connectivity index (χ0v) is 11.0. The average Bonchev–Trinajstić information content (AvgIpc) is 2.79. The summed E-state index contributed by atoms with van der Waals surface area (Å²) in [5.41, 5.74) is 1.81. The van der Waals surface area contributed by atoms with Gasteiger partial charge in [-0.2, -0.15) is 11.8 Å². The van der Waals surface area contributed by atoms with Gasteiger partial charge in [0.15, 0.2) is 5.82 Å². The molecule has 0 spiro atoms. The Morgan fingerprint density at radius 1 is 1.76 bits per heavy atom. The van der Waals surface area contributed by atoms with Crippen molar-refractivity contribution < 1.29 is 4.92 Å². The second-order valence-electron chi connectivity index (χ2n) is 3.03. The van der Waals surface area contributed by atoms with Crippen LogP contribution in [-0.4, -0.2) is 29.3 Å². The summed E-state index contributed by atoms with van der Waals surface area (Å²) in [6, 6.07) is 0. The molecule has 94 valence electrons. The Kier molecular flexibility index (Phi) is 6.41. The lowest BCUT2D eigenvalue weighted by Crippen LogP contribution is -2.26. The highest BCUT2D eigenvalue weighted by Gasteiger charge is 1.99. The smallest absolute Gasteiger partial charge is 0.274 e. The Balaban J connectivity index is 2.13. The minimum Gasteiger partial charge on any atom is -0.370 e. The van der Waals surface area contributed by atoms with E-state index in [0.717, 1.165) is 17.7 Å². The molecule has 6 nitrogen and oxygen atoms in total. The Hall–Kier alpha value is -1.28. The molecular formula is C9H14N4O2S2. The third kappa shape index (κ3) is 6.12. The third-order valence-corrected chi connectivity index (χ3v) is 3.76. The van der Waals surface area contributed by atoms with E-state index < -0.39 is 4.92 Å². The average molecular weight is 274 g/mol. The van der Waals surface area contributed by atoms with Crippen LogP contribution in [0.4, 0.5) is 0 Å². The number of rotatable bonds is 8. The summed E-state index contributed by atoms with van der Waals surface area (Å²) in [6.07, 6.45) is 2.78. The zero-order valence-electron chi connectivity index (χ0n) is 9.38. The van der Waals surface area contributed by atoms with Crippen LogP contribution in [0, 0.1) is 10.1 Å². The maximum absolute atomic E-state index is 10.3. The molecule has 0 radical (unpaired) electrons. The molecule has 0 aliphatic heterocycles. The Morgan fingerprint density at radius 2 is 2.59 bits per heavy atom. The molecule has 0 atom stereocenters. The first-order chi connectivity index (χ1) is 8.22. The zero-order chi connectivity index (χ0) is 12.5. The molecule has 0 aromatic carbocycles. The van der Waals surface area contributed by atoms with Gasteiger partial charge in [-0.3, -0.25) is 15.1 Å². The summed E-state index contributed by atoms with van der Waals surface area (Å²) >= 11 is 3.40. The molecule has 0 bridgehead atoms. The van der Waals surface area contributed by atoms with Gasteiger partial charge < -0.3 is 10.6 Å². The van der Waals surface area contributed by atoms with Crippen molar-refractivity contribution >= 4 is 23.1 Å². The number of hydrogen-bond donors (Lipinski definition) is 2. The summed E-state index contributed by atoms with van der Waals surface area (Å²) in [5, 5.41) is 15.9. The largest absolute Gasteiger partial charge is 0.370 e. The van der Waals surface area contributed by atoms with Crippen LogP contribution in [0.15, 0.2) is 23.7 Å². The van der Waals surface area contributed by atoms with Crippen molar-refractivity contribution in [2.24, 2.45) is 0 Å². The van der Waals surface area contributed by atoms with E-state index in [0.29, 0.717) is 12.4 Å². The maximum atomic E-state index is 10.3. The first-order valence-electron chi connectivity index (χ1n) is 4.94. The summed E-state index contributed by atoms with van der Waals surface area (Å²) in [4.78, 5) is 15.0. The van der Waals surface area contributed by atoms with Crippen LogP contribution in [0.3, 0.4) is 0 Å². The molecule has 0 aliphatic rings. The van der Waals surface area contributed by atoms with Crippen molar-refractivity contribution in [3.05, 3.63) is 38.7 Å². The molecule has 0 fully saturated rings. The Bertz CT molecular complexity index is 367. The SMILES string of the molecule is CN/C(=C/[N+](=O)[O-])NCCSCc1cncs1. The molecule has 1 aromatic rings. The van der Waals surface area contributed by atoms with Gasteiger partial charge in [0, 0.05) is 36.2 Å². The molecular weight excluding hydrogens is 260 g/mol. The number of thioether (sulfide) groups is 1. The van der Waals surface area contributed by atoms with E-state index in [-0.39, 0.29) is 0 Å². The number of thiazole rings is 1.